The van der Waals surface area contributed by atoms with Gasteiger partial charge >= 0.3 is 0 Å². The van der Waals surface area contributed by atoms with Gasteiger partial charge in [-0.25, -0.2) is 5.06 Å². The van der Waals surface area contributed by atoms with Gasteiger partial charge in [-0.2, -0.15) is 5.26 Å². The van der Waals surface area contributed by atoms with E-state index in [0.29, 0.717) is 11.3 Å². The lowest BCUT2D eigenvalue weighted by Crippen LogP contribution is -2.24. The fourth-order valence-electron chi connectivity index (χ4n) is 0.847. The summed E-state index contributed by atoms with van der Waals surface area (Å²) in [5.74, 6) is -0.291. The second-order valence-corrected chi connectivity index (χ2v) is 2.40. The Bertz CT molecular complexity index is 351. The van der Waals surface area contributed by atoms with Gasteiger partial charge in [-0.1, -0.05) is 0 Å². The number of nitriles is 1. The van der Waals surface area contributed by atoms with Crippen molar-refractivity contribution in [3.63, 3.8) is 0 Å². The van der Waals surface area contributed by atoms with Gasteiger partial charge in [0.1, 0.15) is 11.8 Å². The van der Waals surface area contributed by atoms with Crippen molar-refractivity contribution in [2.45, 2.75) is 0 Å². The van der Waals surface area contributed by atoms with Gasteiger partial charge in [0.2, 0.25) is 0 Å². The number of carbonyl (C=O) groups is 1. The average molecular weight is 179 g/mol. The molecule has 0 atom stereocenters. The molecular formula is C8H9N3O2. The lowest BCUT2D eigenvalue weighted by Gasteiger charge is -2.11. The summed E-state index contributed by atoms with van der Waals surface area (Å²) < 4.78 is 0. The molecule has 0 aromatic carbocycles. The van der Waals surface area contributed by atoms with Crippen LogP contribution in [0.15, 0.2) is 12.3 Å². The first-order chi connectivity index (χ1) is 6.19. The molecule has 0 fully saturated rings. The highest BCUT2D eigenvalue weighted by molar-refractivity contribution is 5.93. The number of carbonyl (C=O) groups excluding carboxylic acids is 1. The van der Waals surface area contributed by atoms with Crippen molar-refractivity contribution < 1.29 is 9.63 Å². The van der Waals surface area contributed by atoms with Crippen LogP contribution in [0.5, 0.6) is 0 Å². The summed E-state index contributed by atoms with van der Waals surface area (Å²) in [6.07, 6.45) is 1.47. The number of aromatic amines is 1. The molecule has 5 nitrogen and oxygen atoms in total. The maximum atomic E-state index is 11.4. The number of nitrogens with zero attached hydrogens (tertiary/aromatic N) is 2. The molecule has 0 saturated carbocycles. The quantitative estimate of drug-likeness (QED) is 0.673. The lowest BCUT2D eigenvalue weighted by molar-refractivity contribution is -0.0756. The first kappa shape index (κ1) is 9.29. The highest BCUT2D eigenvalue weighted by Gasteiger charge is 2.12. The fraction of sp³-hybridized carbons (Fsp3) is 0.250. The third-order valence-corrected chi connectivity index (χ3v) is 1.61. The van der Waals surface area contributed by atoms with Crippen LogP contribution in [-0.4, -0.2) is 30.1 Å². The number of hydroxylamine groups is 2. The number of nitrogens with one attached hydrogen (secondary N) is 1. The number of hydrogen-bond donors (Lipinski definition) is 1. The van der Waals surface area contributed by atoms with Gasteiger partial charge in [0.15, 0.2) is 0 Å². The molecule has 0 aliphatic rings. The van der Waals surface area contributed by atoms with Crippen LogP contribution in [0.4, 0.5) is 0 Å². The van der Waals surface area contributed by atoms with E-state index in [1.54, 1.807) is 0 Å². The second-order valence-electron chi connectivity index (χ2n) is 2.40. The molecule has 0 aliphatic carbocycles. The van der Waals surface area contributed by atoms with Crippen molar-refractivity contribution >= 4 is 5.91 Å². The third kappa shape index (κ3) is 1.86. The first-order valence-corrected chi connectivity index (χ1v) is 3.59. The number of rotatable bonds is 2. The minimum absolute atomic E-state index is 0.291. The van der Waals surface area contributed by atoms with Crippen LogP contribution >= 0.6 is 0 Å². The average Bonchev–Trinajstić information content (AvgIpc) is 2.63. The van der Waals surface area contributed by atoms with Crippen molar-refractivity contribution in [1.82, 2.24) is 10.0 Å². The van der Waals surface area contributed by atoms with Gasteiger partial charge in [-0.05, 0) is 6.07 Å². The summed E-state index contributed by atoms with van der Waals surface area (Å²) in [7, 11) is 2.90. The summed E-state index contributed by atoms with van der Waals surface area (Å²) in [5, 5.41) is 9.58. The van der Waals surface area contributed by atoms with E-state index in [-0.39, 0.29) is 5.91 Å². The van der Waals surface area contributed by atoms with E-state index in [1.165, 1.54) is 26.4 Å². The number of hydrogen-bond acceptors (Lipinski definition) is 3. The zero-order chi connectivity index (χ0) is 9.84. The minimum Gasteiger partial charge on any atom is -0.352 e. The molecule has 0 radical (unpaired) electrons. The molecule has 1 aromatic heterocycles. The van der Waals surface area contributed by atoms with Crippen LogP contribution in [-0.2, 0) is 4.84 Å². The molecule has 13 heavy (non-hydrogen) atoms. The van der Waals surface area contributed by atoms with Gasteiger partial charge in [0, 0.05) is 13.2 Å². The number of H-pyrrole nitrogens is 1. The highest BCUT2D eigenvalue weighted by atomic mass is 16.7. The van der Waals surface area contributed by atoms with E-state index in [2.05, 4.69) is 4.98 Å². The van der Waals surface area contributed by atoms with E-state index < -0.39 is 0 Å². The SMILES string of the molecule is CON(C)C(=O)c1c[nH]c(C#N)c1. The van der Waals surface area contributed by atoms with Crippen LogP contribution in [0, 0.1) is 11.3 Å². The minimum atomic E-state index is -0.291. The maximum Gasteiger partial charge on any atom is 0.278 e. The van der Waals surface area contributed by atoms with Crippen LogP contribution in [0.3, 0.4) is 0 Å². The van der Waals surface area contributed by atoms with Gasteiger partial charge in [-0.15, -0.1) is 0 Å². The smallest absolute Gasteiger partial charge is 0.278 e. The van der Waals surface area contributed by atoms with Crippen molar-refractivity contribution in [3.05, 3.63) is 23.5 Å². The van der Waals surface area contributed by atoms with Crippen LogP contribution in [0.1, 0.15) is 16.1 Å². The van der Waals surface area contributed by atoms with E-state index in [1.807, 2.05) is 6.07 Å². The number of amides is 1. The Morgan fingerprint density at radius 3 is 2.92 bits per heavy atom. The van der Waals surface area contributed by atoms with Crippen molar-refractivity contribution in [2.24, 2.45) is 0 Å². The standard InChI is InChI=1S/C8H9N3O2/c1-11(13-2)8(12)6-3-7(4-9)10-5-6/h3,5,10H,1-2H3. The molecule has 68 valence electrons. The molecule has 5 heteroatoms. The Morgan fingerprint density at radius 2 is 2.46 bits per heavy atom. The highest BCUT2D eigenvalue weighted by Crippen LogP contribution is 2.05. The zero-order valence-corrected chi connectivity index (χ0v) is 7.37. The number of aromatic nitrogens is 1. The van der Waals surface area contributed by atoms with Crippen LogP contribution < -0.4 is 0 Å². The molecule has 1 N–H and O–H groups in total. The zero-order valence-electron chi connectivity index (χ0n) is 7.37. The molecule has 1 aromatic rings. The molecule has 1 rings (SSSR count). The van der Waals surface area contributed by atoms with Gasteiger partial charge in [0.25, 0.3) is 5.91 Å². The summed E-state index contributed by atoms with van der Waals surface area (Å²) in [4.78, 5) is 18.7. The predicted octanol–water partition coefficient (Wildman–Crippen LogP) is 0.520. The Hall–Kier alpha value is -1.80. The van der Waals surface area contributed by atoms with Gasteiger partial charge in [-0.3, -0.25) is 9.63 Å². The summed E-state index contributed by atoms with van der Waals surface area (Å²) in [6.45, 7) is 0. The van der Waals surface area contributed by atoms with E-state index >= 15 is 0 Å². The summed E-state index contributed by atoms with van der Waals surface area (Å²) in [6, 6.07) is 3.36. The van der Waals surface area contributed by atoms with Gasteiger partial charge < -0.3 is 4.98 Å². The van der Waals surface area contributed by atoms with Crippen molar-refractivity contribution in [1.29, 1.82) is 5.26 Å². The fourth-order valence-corrected chi connectivity index (χ4v) is 0.847. The predicted molar refractivity (Wildman–Crippen MR) is 44.6 cm³/mol. The first-order valence-electron chi connectivity index (χ1n) is 3.59. The largest absolute Gasteiger partial charge is 0.352 e. The second kappa shape index (κ2) is 3.74. The maximum absolute atomic E-state index is 11.4. The Labute approximate surface area is 75.5 Å². The summed E-state index contributed by atoms with van der Waals surface area (Å²) in [5.41, 5.74) is 0.758. The van der Waals surface area contributed by atoms with Crippen molar-refractivity contribution in [3.8, 4) is 6.07 Å². The lowest BCUT2D eigenvalue weighted by atomic mass is 10.3. The topological polar surface area (TPSA) is 69.1 Å². The monoisotopic (exact) mass is 179 g/mol. The molecule has 0 bridgehead atoms. The van der Waals surface area contributed by atoms with Gasteiger partial charge in [0.05, 0.1) is 12.7 Å². The molecule has 0 saturated heterocycles. The summed E-state index contributed by atoms with van der Waals surface area (Å²) >= 11 is 0. The molecule has 0 unspecified atom stereocenters. The molecule has 1 heterocycles. The van der Waals surface area contributed by atoms with E-state index in [9.17, 15) is 4.79 Å². The molecule has 0 spiro atoms. The van der Waals surface area contributed by atoms with Crippen molar-refractivity contribution in [2.75, 3.05) is 14.2 Å². The molecular weight excluding hydrogens is 170 g/mol. The van der Waals surface area contributed by atoms with E-state index in [0.717, 1.165) is 5.06 Å². The molecule has 1 amide bonds. The third-order valence-electron chi connectivity index (χ3n) is 1.61. The Morgan fingerprint density at radius 1 is 1.77 bits per heavy atom. The Kier molecular flexibility index (Phi) is 2.67. The van der Waals surface area contributed by atoms with Crippen LogP contribution in [0.25, 0.3) is 0 Å². The van der Waals surface area contributed by atoms with Crippen LogP contribution in [0.2, 0.25) is 0 Å². The Balaban J connectivity index is 2.84. The normalized spacial score (nSPS) is 9.31. The molecule has 0 aliphatic heterocycles. The van der Waals surface area contributed by atoms with E-state index in [4.69, 9.17) is 10.1 Å².